The average Bonchev–Trinajstić information content (AvgIpc) is 2.29. The predicted octanol–water partition coefficient (Wildman–Crippen LogP) is 1.31. The van der Waals surface area contributed by atoms with Gasteiger partial charge in [-0.05, 0) is 30.7 Å². The van der Waals surface area contributed by atoms with Gasteiger partial charge in [-0.25, -0.2) is 0 Å². The van der Waals surface area contributed by atoms with Crippen molar-refractivity contribution in [2.45, 2.75) is 20.4 Å². The lowest BCUT2D eigenvalue weighted by Crippen LogP contribution is -2.32. The second kappa shape index (κ2) is 6.72. The second-order valence-electron chi connectivity index (χ2n) is 4.58. The Morgan fingerprint density at radius 3 is 2.28 bits per heavy atom. The lowest BCUT2D eigenvalue weighted by Gasteiger charge is -2.11. The highest BCUT2D eigenvalue weighted by Crippen LogP contribution is 2.10. The van der Waals surface area contributed by atoms with E-state index in [1.807, 2.05) is 33.0 Å². The summed E-state index contributed by atoms with van der Waals surface area (Å²) in [5.41, 5.74) is 1.67. The second-order valence-corrected chi connectivity index (χ2v) is 6.07. The van der Waals surface area contributed by atoms with E-state index in [2.05, 4.69) is 14.8 Å². The average molecular weight is 271 g/mol. The van der Waals surface area contributed by atoms with Gasteiger partial charge < -0.3 is 5.32 Å². The molecule has 0 aromatic heterocycles. The molecule has 5 nitrogen and oxygen atoms in total. The maximum absolute atomic E-state index is 11.7. The highest BCUT2D eigenvalue weighted by atomic mass is 32.2. The van der Waals surface area contributed by atoms with Crippen molar-refractivity contribution in [3.63, 3.8) is 0 Å². The van der Waals surface area contributed by atoms with Gasteiger partial charge in [0.25, 0.3) is 10.2 Å². The fourth-order valence-corrected chi connectivity index (χ4v) is 2.43. The molecule has 0 radical (unpaired) electrons. The third-order valence-corrected chi connectivity index (χ3v) is 3.32. The summed E-state index contributed by atoms with van der Waals surface area (Å²) in [7, 11) is -1.60. The monoisotopic (exact) mass is 271 g/mol. The molecule has 1 aromatic carbocycles. The zero-order valence-electron chi connectivity index (χ0n) is 11.0. The Balaban J connectivity index is 2.61. The van der Waals surface area contributed by atoms with Crippen LogP contribution >= 0.6 is 0 Å². The van der Waals surface area contributed by atoms with E-state index in [9.17, 15) is 8.42 Å². The van der Waals surface area contributed by atoms with Crippen LogP contribution in [0.4, 0.5) is 5.69 Å². The van der Waals surface area contributed by atoms with E-state index in [1.165, 1.54) is 0 Å². The molecule has 0 saturated heterocycles. The van der Waals surface area contributed by atoms with Crippen LogP contribution in [0.15, 0.2) is 24.3 Å². The molecule has 0 unspecified atom stereocenters. The molecule has 0 aliphatic carbocycles. The lowest BCUT2D eigenvalue weighted by molar-refractivity contribution is 0.565. The highest BCUT2D eigenvalue weighted by Gasteiger charge is 2.09. The standard InChI is InChI=1S/C12H21N3O2S/c1-10(2)8-14-18(16,17)15-12-6-4-11(5-7-12)9-13-3/h4-7,10,13-15H,8-9H2,1-3H3. The quantitative estimate of drug-likeness (QED) is 0.700. The van der Waals surface area contributed by atoms with Gasteiger partial charge >= 0.3 is 0 Å². The van der Waals surface area contributed by atoms with Crippen molar-refractivity contribution in [2.24, 2.45) is 5.92 Å². The zero-order valence-corrected chi connectivity index (χ0v) is 11.8. The van der Waals surface area contributed by atoms with Gasteiger partial charge in [-0.2, -0.15) is 13.1 Å². The number of benzene rings is 1. The van der Waals surface area contributed by atoms with Crippen LogP contribution in [-0.2, 0) is 16.8 Å². The van der Waals surface area contributed by atoms with Crippen molar-refractivity contribution in [3.05, 3.63) is 29.8 Å². The first-order valence-corrected chi connectivity index (χ1v) is 7.42. The molecular weight excluding hydrogens is 250 g/mol. The fourth-order valence-electron chi connectivity index (χ4n) is 1.36. The summed E-state index contributed by atoms with van der Waals surface area (Å²) in [6.45, 7) is 5.09. The summed E-state index contributed by atoms with van der Waals surface area (Å²) in [6, 6.07) is 7.27. The first-order valence-electron chi connectivity index (χ1n) is 5.94. The molecule has 18 heavy (non-hydrogen) atoms. The normalized spacial score (nSPS) is 11.8. The Hall–Kier alpha value is -1.11. The van der Waals surface area contributed by atoms with Crippen LogP contribution < -0.4 is 14.8 Å². The van der Waals surface area contributed by atoms with Crippen LogP contribution in [0.1, 0.15) is 19.4 Å². The van der Waals surface area contributed by atoms with Gasteiger partial charge in [-0.3, -0.25) is 4.72 Å². The molecule has 0 atom stereocenters. The van der Waals surface area contributed by atoms with Crippen LogP contribution in [0.3, 0.4) is 0 Å². The number of hydrogen-bond acceptors (Lipinski definition) is 3. The summed E-state index contributed by atoms with van der Waals surface area (Å²) < 4.78 is 28.3. The van der Waals surface area contributed by atoms with Gasteiger partial charge in [-0.15, -0.1) is 0 Å². The van der Waals surface area contributed by atoms with E-state index in [4.69, 9.17) is 0 Å². The van der Waals surface area contributed by atoms with Crippen LogP contribution in [0.25, 0.3) is 0 Å². The van der Waals surface area contributed by atoms with E-state index in [0.717, 1.165) is 12.1 Å². The topological polar surface area (TPSA) is 70.2 Å². The van der Waals surface area contributed by atoms with Gasteiger partial charge in [0.1, 0.15) is 0 Å². The molecule has 0 saturated carbocycles. The molecule has 0 aliphatic heterocycles. The first kappa shape index (κ1) is 14.9. The molecule has 6 heteroatoms. The molecule has 0 heterocycles. The minimum atomic E-state index is -3.47. The van der Waals surface area contributed by atoms with Crippen LogP contribution in [0.5, 0.6) is 0 Å². The van der Waals surface area contributed by atoms with Crippen molar-refractivity contribution in [1.82, 2.24) is 10.0 Å². The molecule has 1 rings (SSSR count). The third-order valence-electron chi connectivity index (χ3n) is 2.27. The Morgan fingerprint density at radius 2 is 1.78 bits per heavy atom. The Morgan fingerprint density at radius 1 is 1.17 bits per heavy atom. The smallest absolute Gasteiger partial charge is 0.299 e. The van der Waals surface area contributed by atoms with Gasteiger partial charge in [-0.1, -0.05) is 26.0 Å². The van der Waals surface area contributed by atoms with Crippen LogP contribution in [0, 0.1) is 5.92 Å². The number of nitrogens with one attached hydrogen (secondary N) is 3. The molecule has 102 valence electrons. The molecule has 0 fully saturated rings. The summed E-state index contributed by atoms with van der Waals surface area (Å²) >= 11 is 0. The van der Waals surface area contributed by atoms with Crippen molar-refractivity contribution in [2.75, 3.05) is 18.3 Å². The molecule has 1 aromatic rings. The maximum Gasteiger partial charge on any atom is 0.299 e. The SMILES string of the molecule is CNCc1ccc(NS(=O)(=O)NCC(C)C)cc1. The zero-order chi connectivity index (χ0) is 13.6. The van der Waals surface area contributed by atoms with E-state index in [1.54, 1.807) is 12.1 Å². The largest absolute Gasteiger partial charge is 0.316 e. The Kier molecular flexibility index (Phi) is 5.58. The third kappa shape index (κ3) is 5.48. The van der Waals surface area contributed by atoms with E-state index in [-0.39, 0.29) is 5.92 Å². The van der Waals surface area contributed by atoms with Gasteiger partial charge in [0.15, 0.2) is 0 Å². The van der Waals surface area contributed by atoms with Gasteiger partial charge in [0.2, 0.25) is 0 Å². The highest BCUT2D eigenvalue weighted by molar-refractivity contribution is 7.90. The Bertz CT molecular complexity index is 455. The summed E-state index contributed by atoms with van der Waals surface area (Å²) in [6.07, 6.45) is 0. The van der Waals surface area contributed by atoms with Crippen molar-refractivity contribution < 1.29 is 8.42 Å². The molecule has 0 spiro atoms. The van der Waals surface area contributed by atoms with Gasteiger partial charge in [0, 0.05) is 18.8 Å². The molecule has 0 amide bonds. The molecule has 3 N–H and O–H groups in total. The van der Waals surface area contributed by atoms with Crippen molar-refractivity contribution >= 4 is 15.9 Å². The maximum atomic E-state index is 11.7. The minimum Gasteiger partial charge on any atom is -0.316 e. The minimum absolute atomic E-state index is 0.277. The Labute approximate surface area is 109 Å². The molecule has 0 aliphatic rings. The first-order chi connectivity index (χ1) is 8.43. The van der Waals surface area contributed by atoms with Crippen LogP contribution in [-0.4, -0.2) is 22.0 Å². The van der Waals surface area contributed by atoms with E-state index in [0.29, 0.717) is 12.2 Å². The summed E-state index contributed by atoms with van der Waals surface area (Å²) in [4.78, 5) is 0. The fraction of sp³-hybridized carbons (Fsp3) is 0.500. The van der Waals surface area contributed by atoms with E-state index < -0.39 is 10.2 Å². The van der Waals surface area contributed by atoms with Crippen LogP contribution in [0.2, 0.25) is 0 Å². The van der Waals surface area contributed by atoms with E-state index >= 15 is 0 Å². The number of rotatable bonds is 7. The van der Waals surface area contributed by atoms with Gasteiger partial charge in [0.05, 0.1) is 0 Å². The number of hydrogen-bond donors (Lipinski definition) is 3. The van der Waals surface area contributed by atoms with Crippen molar-refractivity contribution in [1.29, 1.82) is 0 Å². The molecule has 0 bridgehead atoms. The summed E-state index contributed by atoms with van der Waals surface area (Å²) in [5.74, 6) is 0.277. The number of anilines is 1. The lowest BCUT2D eigenvalue weighted by atomic mass is 10.2. The van der Waals surface area contributed by atoms with Crippen molar-refractivity contribution in [3.8, 4) is 0 Å². The summed E-state index contributed by atoms with van der Waals surface area (Å²) in [5, 5.41) is 3.03. The predicted molar refractivity (Wildman–Crippen MR) is 74.6 cm³/mol. The molecular formula is C12H21N3O2S.